The summed E-state index contributed by atoms with van der Waals surface area (Å²) in [7, 11) is 1.98. The molecule has 92 valence electrons. The number of aromatic nitrogens is 2. The molecule has 1 rings (SSSR count). The van der Waals surface area contributed by atoms with E-state index in [4.69, 9.17) is 9.52 Å². The minimum Gasteiger partial charge on any atom is -0.424 e. The normalized spacial score (nSPS) is 13.3. The van der Waals surface area contributed by atoms with Gasteiger partial charge in [-0.05, 0) is 14.0 Å². The molecule has 0 radical (unpaired) electrons. The fraction of sp³-hybridized carbons (Fsp3) is 0.800. The molecule has 1 heterocycles. The predicted molar refractivity (Wildman–Crippen MR) is 59.9 cm³/mol. The maximum absolute atomic E-state index is 8.76. The number of aliphatic hydroxyl groups is 1. The van der Waals surface area contributed by atoms with Crippen LogP contribution in [0.2, 0.25) is 0 Å². The number of likely N-dealkylation sites (N-methyl/N-ethyl adjacent to an activating group) is 1. The fourth-order valence-corrected chi connectivity index (χ4v) is 1.46. The fourth-order valence-electron chi connectivity index (χ4n) is 1.46. The molecule has 1 atom stereocenters. The highest BCUT2D eigenvalue weighted by Gasteiger charge is 2.07. The summed E-state index contributed by atoms with van der Waals surface area (Å²) in [6, 6.07) is 0.309. The van der Waals surface area contributed by atoms with Crippen LogP contribution in [0.5, 0.6) is 0 Å². The van der Waals surface area contributed by atoms with Crippen molar-refractivity contribution in [2.24, 2.45) is 0 Å². The van der Waals surface area contributed by atoms with E-state index in [1.54, 1.807) is 6.92 Å². The Hall–Kier alpha value is -0.980. The average Bonchev–Trinajstić information content (AvgIpc) is 2.61. The van der Waals surface area contributed by atoms with Crippen molar-refractivity contribution in [1.29, 1.82) is 0 Å². The molecule has 1 unspecified atom stereocenters. The molecule has 2 N–H and O–H groups in total. The second kappa shape index (κ2) is 6.57. The van der Waals surface area contributed by atoms with Gasteiger partial charge in [-0.15, -0.1) is 10.2 Å². The van der Waals surface area contributed by atoms with E-state index in [-0.39, 0.29) is 6.61 Å². The zero-order valence-corrected chi connectivity index (χ0v) is 10.1. The molecule has 0 aliphatic rings. The van der Waals surface area contributed by atoms with Gasteiger partial charge in [-0.3, -0.25) is 0 Å². The van der Waals surface area contributed by atoms with Crippen LogP contribution < -0.4 is 5.32 Å². The number of nitrogens with zero attached hydrogens (tertiary/aromatic N) is 3. The molecule has 0 spiro atoms. The molecule has 1 aromatic heterocycles. The van der Waals surface area contributed by atoms with Crippen LogP contribution in [0.4, 0.5) is 0 Å². The van der Waals surface area contributed by atoms with E-state index in [2.05, 4.69) is 27.3 Å². The molecule has 0 saturated heterocycles. The highest BCUT2D eigenvalue weighted by atomic mass is 16.4. The Labute approximate surface area is 95.7 Å². The Bertz CT molecular complexity index is 303. The van der Waals surface area contributed by atoms with Crippen LogP contribution in [-0.4, -0.2) is 53.0 Å². The van der Waals surface area contributed by atoms with Crippen molar-refractivity contribution in [2.45, 2.75) is 26.4 Å². The van der Waals surface area contributed by atoms with Crippen molar-refractivity contribution >= 4 is 0 Å². The van der Waals surface area contributed by atoms with E-state index < -0.39 is 0 Å². The van der Waals surface area contributed by atoms with Gasteiger partial charge >= 0.3 is 0 Å². The highest BCUT2D eigenvalue weighted by molar-refractivity contribution is 4.79. The largest absolute Gasteiger partial charge is 0.424 e. The lowest BCUT2D eigenvalue weighted by molar-refractivity contribution is 0.209. The van der Waals surface area contributed by atoms with Crippen molar-refractivity contribution in [3.8, 4) is 0 Å². The van der Waals surface area contributed by atoms with Gasteiger partial charge in [-0.1, -0.05) is 0 Å². The van der Waals surface area contributed by atoms with Crippen LogP contribution in [0.3, 0.4) is 0 Å². The topological polar surface area (TPSA) is 74.4 Å². The van der Waals surface area contributed by atoms with Crippen molar-refractivity contribution < 1.29 is 9.52 Å². The molecular formula is C10H20N4O2. The van der Waals surface area contributed by atoms with Crippen molar-refractivity contribution in [1.82, 2.24) is 20.4 Å². The average molecular weight is 228 g/mol. The number of hydrogen-bond acceptors (Lipinski definition) is 6. The first-order valence-electron chi connectivity index (χ1n) is 5.43. The molecule has 0 bridgehead atoms. The molecule has 0 fully saturated rings. The predicted octanol–water partition coefficient (Wildman–Crippen LogP) is -0.220. The van der Waals surface area contributed by atoms with Gasteiger partial charge < -0.3 is 19.7 Å². The maximum atomic E-state index is 8.76. The third-order valence-corrected chi connectivity index (χ3v) is 2.24. The molecule has 0 aromatic carbocycles. The van der Waals surface area contributed by atoms with Gasteiger partial charge in [0.2, 0.25) is 11.8 Å². The van der Waals surface area contributed by atoms with E-state index in [1.165, 1.54) is 0 Å². The van der Waals surface area contributed by atoms with Gasteiger partial charge in [-0.2, -0.15) is 0 Å². The van der Waals surface area contributed by atoms with E-state index in [1.807, 2.05) is 7.05 Å². The van der Waals surface area contributed by atoms with Gasteiger partial charge in [0.1, 0.15) is 0 Å². The molecule has 0 amide bonds. The minimum absolute atomic E-state index is 0.187. The van der Waals surface area contributed by atoms with Crippen LogP contribution in [0.25, 0.3) is 0 Å². The molecule has 1 aromatic rings. The Balaban J connectivity index is 2.22. The van der Waals surface area contributed by atoms with E-state index in [9.17, 15) is 0 Å². The van der Waals surface area contributed by atoms with Crippen LogP contribution in [0.15, 0.2) is 4.42 Å². The Morgan fingerprint density at radius 3 is 2.81 bits per heavy atom. The Morgan fingerprint density at radius 1 is 1.50 bits per heavy atom. The van der Waals surface area contributed by atoms with Crippen LogP contribution in [-0.2, 0) is 6.54 Å². The van der Waals surface area contributed by atoms with Gasteiger partial charge in [-0.25, -0.2) is 0 Å². The molecule has 16 heavy (non-hydrogen) atoms. The van der Waals surface area contributed by atoms with Gasteiger partial charge in [0, 0.05) is 26.1 Å². The van der Waals surface area contributed by atoms with Gasteiger partial charge in [0.05, 0.1) is 13.2 Å². The summed E-state index contributed by atoms with van der Waals surface area (Å²) in [5.74, 6) is 1.19. The summed E-state index contributed by atoms with van der Waals surface area (Å²) in [5.41, 5.74) is 0. The first kappa shape index (κ1) is 13.1. The minimum atomic E-state index is 0.187. The lowest BCUT2D eigenvalue weighted by Gasteiger charge is -2.20. The maximum Gasteiger partial charge on any atom is 0.230 e. The SMILES string of the molecule is Cc1nnc(CNC(C)CN(C)CCO)o1. The first-order chi connectivity index (χ1) is 7.61. The number of nitrogens with one attached hydrogen (secondary N) is 1. The highest BCUT2D eigenvalue weighted by Crippen LogP contribution is 1.98. The summed E-state index contributed by atoms with van der Waals surface area (Å²) < 4.78 is 5.25. The number of aliphatic hydroxyl groups excluding tert-OH is 1. The molecule has 0 saturated carbocycles. The summed E-state index contributed by atoms with van der Waals surface area (Å²) in [4.78, 5) is 2.07. The van der Waals surface area contributed by atoms with Crippen molar-refractivity contribution in [3.05, 3.63) is 11.8 Å². The summed E-state index contributed by atoms with van der Waals surface area (Å²) in [5, 5.41) is 19.7. The Morgan fingerprint density at radius 2 is 2.25 bits per heavy atom. The van der Waals surface area contributed by atoms with E-state index >= 15 is 0 Å². The molecule has 6 nitrogen and oxygen atoms in total. The molecule has 6 heteroatoms. The molecular weight excluding hydrogens is 208 g/mol. The summed E-state index contributed by atoms with van der Waals surface area (Å²) >= 11 is 0. The summed E-state index contributed by atoms with van der Waals surface area (Å²) in [6.45, 7) is 6.17. The van der Waals surface area contributed by atoms with Crippen molar-refractivity contribution in [3.63, 3.8) is 0 Å². The molecule has 0 aliphatic heterocycles. The van der Waals surface area contributed by atoms with Crippen LogP contribution in [0, 0.1) is 6.92 Å². The monoisotopic (exact) mass is 228 g/mol. The van der Waals surface area contributed by atoms with Crippen molar-refractivity contribution in [2.75, 3.05) is 26.7 Å². The van der Waals surface area contributed by atoms with Gasteiger partial charge in [0.15, 0.2) is 0 Å². The first-order valence-corrected chi connectivity index (χ1v) is 5.43. The zero-order valence-electron chi connectivity index (χ0n) is 10.1. The zero-order chi connectivity index (χ0) is 12.0. The van der Waals surface area contributed by atoms with E-state index in [0.717, 1.165) is 6.54 Å². The number of aryl methyl sites for hydroxylation is 1. The second-order valence-electron chi connectivity index (χ2n) is 3.98. The number of hydrogen-bond donors (Lipinski definition) is 2. The second-order valence-corrected chi connectivity index (χ2v) is 3.98. The standard InChI is InChI=1S/C10H20N4O2/c1-8(7-14(3)4-5-15)11-6-10-13-12-9(2)16-10/h8,11,15H,4-7H2,1-3H3. The van der Waals surface area contributed by atoms with E-state index in [0.29, 0.717) is 30.9 Å². The third-order valence-electron chi connectivity index (χ3n) is 2.24. The Kier molecular flexibility index (Phi) is 5.37. The third kappa shape index (κ3) is 4.69. The number of rotatable bonds is 7. The summed E-state index contributed by atoms with van der Waals surface area (Å²) in [6.07, 6.45) is 0. The van der Waals surface area contributed by atoms with Crippen LogP contribution >= 0.6 is 0 Å². The lowest BCUT2D eigenvalue weighted by Crippen LogP contribution is -2.38. The van der Waals surface area contributed by atoms with Gasteiger partial charge in [0.25, 0.3) is 0 Å². The smallest absolute Gasteiger partial charge is 0.230 e. The van der Waals surface area contributed by atoms with Crippen LogP contribution in [0.1, 0.15) is 18.7 Å². The molecule has 0 aliphatic carbocycles. The quantitative estimate of drug-likeness (QED) is 0.672. The lowest BCUT2D eigenvalue weighted by atomic mass is 10.3.